The van der Waals surface area contributed by atoms with Crippen LogP contribution in [0.1, 0.15) is 26.2 Å². The molecule has 0 bridgehead atoms. The Morgan fingerprint density at radius 3 is 1.73 bits per heavy atom. The van der Waals surface area contributed by atoms with Crippen molar-refractivity contribution in [3.8, 4) is 0 Å². The molecule has 0 aliphatic carbocycles. The van der Waals surface area contributed by atoms with Crippen molar-refractivity contribution in [1.82, 2.24) is 20.9 Å². The molecule has 0 aromatic heterocycles. The third-order valence-electron chi connectivity index (χ3n) is 3.23. The fourth-order valence-electron chi connectivity index (χ4n) is 2.23. The molecular weight excluding hydrogens is 386 g/mol. The number of carbonyl (C=O) groups is 1. The summed E-state index contributed by atoms with van der Waals surface area (Å²) in [6, 6.07) is 0. The summed E-state index contributed by atoms with van der Waals surface area (Å²) in [5, 5.41) is 9.16. The predicted molar refractivity (Wildman–Crippen MR) is 105 cm³/mol. The first kappa shape index (κ1) is 26.0. The van der Waals surface area contributed by atoms with E-state index in [4.69, 9.17) is 29.4 Å². The molecule has 0 aromatic rings. The Labute approximate surface area is 155 Å². The Morgan fingerprint density at radius 2 is 1.27 bits per heavy atom. The summed E-state index contributed by atoms with van der Waals surface area (Å²) >= 11 is 0. The monoisotopic (exact) mass is 422 g/mol. The van der Waals surface area contributed by atoms with Gasteiger partial charge in [-0.2, -0.15) is 0 Å². The number of nitrogens with zero attached hydrogens (tertiary/aromatic N) is 1. The molecule has 0 spiro atoms. The van der Waals surface area contributed by atoms with Crippen LogP contribution in [0.3, 0.4) is 0 Å². The van der Waals surface area contributed by atoms with Crippen molar-refractivity contribution in [2.75, 3.05) is 51.8 Å². The normalized spacial score (nSPS) is 13.8. The van der Waals surface area contributed by atoms with E-state index in [1.54, 1.807) is 0 Å². The summed E-state index contributed by atoms with van der Waals surface area (Å²) in [5.74, 6) is -0.481. The van der Waals surface area contributed by atoms with E-state index in [0.717, 1.165) is 43.9 Å². The van der Waals surface area contributed by atoms with Crippen LogP contribution in [-0.2, 0) is 4.79 Å². The van der Waals surface area contributed by atoms with Gasteiger partial charge in [-0.25, -0.2) is 0 Å². The van der Waals surface area contributed by atoms with E-state index in [1.807, 2.05) is 0 Å². The van der Waals surface area contributed by atoms with Crippen molar-refractivity contribution in [3.05, 3.63) is 0 Å². The second-order valence-corrected chi connectivity index (χ2v) is 9.98. The zero-order valence-electron chi connectivity index (χ0n) is 15.3. The van der Waals surface area contributed by atoms with Crippen molar-refractivity contribution in [2.24, 2.45) is 0 Å². The zero-order valence-corrected chi connectivity index (χ0v) is 17.3. The van der Waals surface area contributed by atoms with E-state index in [0.29, 0.717) is 13.0 Å². The minimum atomic E-state index is -4.53. The third-order valence-corrected chi connectivity index (χ3v) is 4.97. The van der Waals surface area contributed by atoms with Gasteiger partial charge in [0.25, 0.3) is 0 Å². The fourth-order valence-corrected chi connectivity index (χ4v) is 4.10. The maximum atomic E-state index is 11.8. The van der Waals surface area contributed by atoms with Gasteiger partial charge in [-0.3, -0.25) is 0 Å². The molecule has 0 saturated carbocycles. The molecule has 0 unspecified atom stereocenters. The topological polar surface area (TPSA) is 178 Å². The number of hydrogen-bond donors (Lipinski definition) is 9. The third kappa shape index (κ3) is 18.8. The Bertz CT molecular complexity index is 364. The molecule has 0 heterocycles. The molecule has 9 N–H and O–H groups in total. The zero-order chi connectivity index (χ0) is 20.1. The van der Waals surface area contributed by atoms with Gasteiger partial charge in [-0.15, -0.1) is 0 Å². The number of nitrogens with one attached hydrogen (secondary N) is 3. The standard InChI is InChI=1S/C13H36N4O7P2/c1-2-5-14-6-3-7-15-8-4-9-16-13(18)10-17(11-25(19,20)21)12-26(22,23)24/h14-15,19-26H,2-12H2,1H3,(H,16,18). The predicted octanol–water partition coefficient (Wildman–Crippen LogP) is -2.37. The van der Waals surface area contributed by atoms with Crippen molar-refractivity contribution in [2.45, 2.75) is 26.2 Å². The summed E-state index contributed by atoms with van der Waals surface area (Å²) in [5.41, 5.74) is 0. The SMILES string of the molecule is CCCNCCCNCCCNC(=O)CN(C[PH](O)(O)O)C[PH](O)(O)O. The molecular formula is C13H36N4O7P2. The molecule has 1 amide bonds. The van der Waals surface area contributed by atoms with Crippen molar-refractivity contribution in [1.29, 1.82) is 0 Å². The van der Waals surface area contributed by atoms with Crippen LogP contribution in [0, 0.1) is 0 Å². The van der Waals surface area contributed by atoms with Gasteiger partial charge in [-0.1, -0.05) is 6.92 Å². The van der Waals surface area contributed by atoms with E-state index in [2.05, 4.69) is 22.9 Å². The van der Waals surface area contributed by atoms with Gasteiger partial charge in [0, 0.05) is 0 Å². The van der Waals surface area contributed by atoms with Gasteiger partial charge >= 0.3 is 130 Å². The molecule has 11 nitrogen and oxygen atoms in total. The van der Waals surface area contributed by atoms with Crippen LogP contribution < -0.4 is 16.0 Å². The molecule has 26 heavy (non-hydrogen) atoms. The van der Waals surface area contributed by atoms with Gasteiger partial charge < -0.3 is 5.32 Å². The second kappa shape index (κ2) is 14.0. The van der Waals surface area contributed by atoms with Gasteiger partial charge in [0.05, 0.1) is 0 Å². The molecule has 0 fully saturated rings. The quantitative estimate of drug-likeness (QED) is 0.0965. The molecule has 0 aliphatic heterocycles. The molecule has 0 atom stereocenters. The average Bonchev–Trinajstić information content (AvgIpc) is 2.45. The van der Waals surface area contributed by atoms with E-state index in [-0.39, 0.29) is 0 Å². The molecule has 160 valence electrons. The number of amides is 1. The van der Waals surface area contributed by atoms with Crippen LogP contribution in [0.5, 0.6) is 0 Å². The van der Waals surface area contributed by atoms with Gasteiger partial charge in [0.1, 0.15) is 0 Å². The summed E-state index contributed by atoms with van der Waals surface area (Å²) < 4.78 is 0. The molecule has 13 heteroatoms. The minimum absolute atomic E-state index is 0.396. The molecule has 0 radical (unpaired) electrons. The van der Waals surface area contributed by atoms with E-state index in [1.165, 1.54) is 0 Å². The average molecular weight is 422 g/mol. The fraction of sp³-hybridized carbons (Fsp3) is 0.923. The van der Waals surface area contributed by atoms with Crippen LogP contribution in [-0.4, -0.2) is 92.0 Å². The summed E-state index contributed by atoms with van der Waals surface area (Å²) in [6.07, 6.45) is 1.42. The van der Waals surface area contributed by atoms with Crippen LogP contribution in [0.25, 0.3) is 0 Å². The number of hydrogen-bond acceptors (Lipinski definition) is 10. The Kier molecular flexibility index (Phi) is 14.0. The molecule has 0 rings (SSSR count). The maximum absolute atomic E-state index is 11.8. The van der Waals surface area contributed by atoms with Crippen molar-refractivity contribution in [3.63, 3.8) is 0 Å². The van der Waals surface area contributed by atoms with Gasteiger partial charge in [0.2, 0.25) is 0 Å². The van der Waals surface area contributed by atoms with E-state index in [9.17, 15) is 4.79 Å². The summed E-state index contributed by atoms with van der Waals surface area (Å²) in [7, 11) is -9.07. The van der Waals surface area contributed by atoms with Crippen LogP contribution in [0.2, 0.25) is 0 Å². The first-order chi connectivity index (χ1) is 12.0. The summed E-state index contributed by atoms with van der Waals surface area (Å²) in [4.78, 5) is 67.3. The molecule has 0 aliphatic rings. The van der Waals surface area contributed by atoms with Crippen molar-refractivity contribution >= 4 is 21.8 Å². The first-order valence-corrected chi connectivity index (χ1v) is 12.9. The Morgan fingerprint density at radius 1 is 0.808 bits per heavy atom. The van der Waals surface area contributed by atoms with Crippen molar-refractivity contribution < 1.29 is 34.2 Å². The first-order valence-electron chi connectivity index (χ1n) is 8.78. The van der Waals surface area contributed by atoms with Crippen LogP contribution in [0.4, 0.5) is 0 Å². The Balaban J connectivity index is 3.88. The van der Waals surface area contributed by atoms with Gasteiger partial charge in [0.15, 0.2) is 0 Å². The van der Waals surface area contributed by atoms with E-state index < -0.39 is 40.9 Å². The Hall–Kier alpha value is -0.0300. The molecule has 0 saturated heterocycles. The van der Waals surface area contributed by atoms with E-state index >= 15 is 0 Å². The number of rotatable bonds is 16. The van der Waals surface area contributed by atoms with Crippen LogP contribution >= 0.6 is 15.9 Å². The molecule has 0 aromatic carbocycles. The number of carbonyl (C=O) groups excluding carboxylic acids is 1. The second-order valence-electron chi connectivity index (χ2n) is 6.25. The summed E-state index contributed by atoms with van der Waals surface area (Å²) in [6.45, 7) is 5.70. The van der Waals surface area contributed by atoms with Gasteiger partial charge in [-0.05, 0) is 13.0 Å². The van der Waals surface area contributed by atoms with Crippen LogP contribution in [0.15, 0.2) is 0 Å².